The highest BCUT2D eigenvalue weighted by Crippen LogP contribution is 2.42. The van der Waals surface area contributed by atoms with Crippen molar-refractivity contribution in [2.45, 2.75) is 83.9 Å². The number of benzene rings is 2. The molecule has 2 aliphatic heterocycles. The van der Waals surface area contributed by atoms with E-state index in [1.807, 2.05) is 17.0 Å². The first-order chi connectivity index (χ1) is 20.8. The number of amides is 1. The van der Waals surface area contributed by atoms with Crippen LogP contribution in [0.2, 0.25) is 0 Å². The maximum Gasteiger partial charge on any atom is 0.411 e. The number of carbonyl (C=O) groups is 2. The van der Waals surface area contributed by atoms with Crippen LogP contribution < -0.4 is 9.64 Å². The summed E-state index contributed by atoms with van der Waals surface area (Å²) in [6.45, 7) is 8.15. The molecule has 1 saturated carbocycles. The average Bonchev–Trinajstić information content (AvgIpc) is 3.25. The van der Waals surface area contributed by atoms with E-state index >= 15 is 0 Å². The second kappa shape index (κ2) is 12.4. The monoisotopic (exact) mass is 581 g/mol. The summed E-state index contributed by atoms with van der Waals surface area (Å²) in [6, 6.07) is 18.8. The summed E-state index contributed by atoms with van der Waals surface area (Å²) in [7, 11) is 1.71. The summed E-state index contributed by atoms with van der Waals surface area (Å²) in [6.07, 6.45) is 5.55. The molecule has 7 nitrogen and oxygen atoms in total. The fraction of sp³-hybridized carbons (Fsp3) is 0.472. The minimum absolute atomic E-state index is 0.143. The Balaban J connectivity index is 1.32. The molecule has 3 heterocycles. The number of hydrogen-bond acceptors (Lipinski definition) is 6. The van der Waals surface area contributed by atoms with Gasteiger partial charge in [-0.05, 0) is 100 Å². The molecular weight excluding hydrogens is 538 g/mol. The molecule has 3 aromatic rings. The molecule has 7 heteroatoms. The highest BCUT2D eigenvalue weighted by Gasteiger charge is 2.40. The third-order valence-electron chi connectivity index (χ3n) is 9.63. The Hall–Kier alpha value is -3.87. The number of methoxy groups -OCH3 is 1. The summed E-state index contributed by atoms with van der Waals surface area (Å²) < 4.78 is 11.8. The minimum Gasteiger partial charge on any atom is -0.496 e. The highest BCUT2D eigenvalue weighted by atomic mass is 16.6. The number of ether oxygens (including phenoxy) is 2. The van der Waals surface area contributed by atoms with E-state index in [9.17, 15) is 9.59 Å². The van der Waals surface area contributed by atoms with Gasteiger partial charge in [-0.15, -0.1) is 0 Å². The maximum absolute atomic E-state index is 13.3. The molecule has 1 aromatic heterocycles. The molecule has 3 aliphatic rings. The molecule has 1 aliphatic carbocycles. The third-order valence-corrected chi connectivity index (χ3v) is 9.63. The van der Waals surface area contributed by atoms with Crippen LogP contribution in [0.25, 0.3) is 11.1 Å². The first-order valence-corrected chi connectivity index (χ1v) is 15.8. The van der Waals surface area contributed by atoms with Crippen molar-refractivity contribution in [3.05, 3.63) is 77.0 Å². The Kier molecular flexibility index (Phi) is 8.42. The van der Waals surface area contributed by atoms with Crippen LogP contribution in [0.4, 0.5) is 10.6 Å². The molecule has 6 rings (SSSR count). The Bertz CT molecular complexity index is 1490. The van der Waals surface area contributed by atoms with E-state index in [0.717, 1.165) is 84.7 Å². The van der Waals surface area contributed by atoms with Gasteiger partial charge in [-0.1, -0.05) is 35.9 Å². The zero-order valence-electron chi connectivity index (χ0n) is 25.8. The van der Waals surface area contributed by atoms with Crippen LogP contribution in [0.3, 0.4) is 0 Å². The van der Waals surface area contributed by atoms with Gasteiger partial charge in [-0.3, -0.25) is 4.90 Å². The van der Waals surface area contributed by atoms with Crippen molar-refractivity contribution in [3.8, 4) is 16.9 Å². The molecule has 1 unspecified atom stereocenters. The molecule has 3 fully saturated rings. The van der Waals surface area contributed by atoms with Crippen molar-refractivity contribution in [3.63, 3.8) is 0 Å². The third kappa shape index (κ3) is 6.13. The van der Waals surface area contributed by atoms with Gasteiger partial charge in [-0.25, -0.2) is 9.78 Å². The first kappa shape index (κ1) is 29.2. The Labute approximate surface area is 255 Å². The summed E-state index contributed by atoms with van der Waals surface area (Å²) in [5, 5.41) is 0. The van der Waals surface area contributed by atoms with E-state index in [1.165, 1.54) is 5.56 Å². The Morgan fingerprint density at radius 1 is 1.00 bits per heavy atom. The van der Waals surface area contributed by atoms with Crippen molar-refractivity contribution in [1.29, 1.82) is 0 Å². The fourth-order valence-electron chi connectivity index (χ4n) is 7.04. The molecule has 2 atom stereocenters. The van der Waals surface area contributed by atoms with Crippen molar-refractivity contribution in [1.82, 2.24) is 9.88 Å². The van der Waals surface area contributed by atoms with Crippen molar-refractivity contribution < 1.29 is 19.1 Å². The lowest BCUT2D eigenvalue weighted by atomic mass is 9.76. The van der Waals surface area contributed by atoms with Gasteiger partial charge in [0.15, 0.2) is 0 Å². The van der Waals surface area contributed by atoms with Gasteiger partial charge in [0.2, 0.25) is 0 Å². The lowest BCUT2D eigenvalue weighted by Gasteiger charge is -2.33. The Morgan fingerprint density at radius 3 is 2.47 bits per heavy atom. The molecule has 0 spiro atoms. The number of ketones is 1. The van der Waals surface area contributed by atoms with Crippen LogP contribution in [0.1, 0.15) is 86.8 Å². The van der Waals surface area contributed by atoms with Gasteiger partial charge in [-0.2, -0.15) is 0 Å². The molecule has 43 heavy (non-hydrogen) atoms. The molecule has 2 saturated heterocycles. The first-order valence-electron chi connectivity index (χ1n) is 15.8. The van der Waals surface area contributed by atoms with Gasteiger partial charge in [0.25, 0.3) is 0 Å². The largest absolute Gasteiger partial charge is 0.496 e. The van der Waals surface area contributed by atoms with E-state index in [0.29, 0.717) is 30.6 Å². The van der Waals surface area contributed by atoms with Crippen LogP contribution in [0, 0.1) is 12.8 Å². The summed E-state index contributed by atoms with van der Waals surface area (Å²) >= 11 is 0. The summed E-state index contributed by atoms with van der Waals surface area (Å²) in [4.78, 5) is 34.2. The predicted molar refractivity (Wildman–Crippen MR) is 168 cm³/mol. The van der Waals surface area contributed by atoms with Crippen LogP contribution in [-0.2, 0) is 16.1 Å². The van der Waals surface area contributed by atoms with E-state index in [-0.39, 0.29) is 18.2 Å². The molecule has 0 N–H and O–H groups in total. The predicted octanol–water partition coefficient (Wildman–Crippen LogP) is 7.61. The zero-order valence-corrected chi connectivity index (χ0v) is 25.8. The van der Waals surface area contributed by atoms with Crippen LogP contribution in [-0.4, -0.2) is 48.0 Å². The van der Waals surface area contributed by atoms with Gasteiger partial charge in [0.1, 0.15) is 23.5 Å². The summed E-state index contributed by atoms with van der Waals surface area (Å²) in [5.74, 6) is 2.98. The van der Waals surface area contributed by atoms with Crippen LogP contribution in [0.5, 0.6) is 5.75 Å². The number of hydrogen-bond donors (Lipinski definition) is 0. The van der Waals surface area contributed by atoms with E-state index in [4.69, 9.17) is 14.5 Å². The highest BCUT2D eigenvalue weighted by molar-refractivity contribution is 5.77. The number of pyridine rings is 1. The van der Waals surface area contributed by atoms with E-state index < -0.39 is 0 Å². The quantitative estimate of drug-likeness (QED) is 0.259. The lowest BCUT2D eigenvalue weighted by molar-refractivity contribution is -0.118. The number of anilines is 1. The number of rotatable bonds is 9. The standard InChI is InChI=1S/C36H43N3O4/c1-23-7-5-8-29(19-23)35-25(3)39(36(41)43-35)22-32-30(14-16-34(37-32)38-17-6-18-38)31-21-28(13-15-33(31)42-4)27-11-9-26(10-12-27)20-24(2)40/h5,7-8,13-16,19,21,25-27,35H,6,9-12,17-18,20,22H2,1-4H3/t25?,26-,27-,35-/m0/s1. The van der Waals surface area contributed by atoms with Crippen LogP contribution >= 0.6 is 0 Å². The average molecular weight is 582 g/mol. The molecule has 0 radical (unpaired) electrons. The number of nitrogens with zero attached hydrogens (tertiary/aromatic N) is 3. The number of aromatic nitrogens is 1. The normalized spacial score (nSPS) is 23.6. The molecule has 2 aromatic carbocycles. The number of Topliss-reactive ketones (excluding diaryl/α,β-unsaturated/α-hetero) is 1. The molecule has 226 valence electrons. The second-order valence-corrected chi connectivity index (χ2v) is 12.7. The van der Waals surface area contributed by atoms with Gasteiger partial charge in [0, 0.05) is 30.6 Å². The van der Waals surface area contributed by atoms with Gasteiger partial charge >= 0.3 is 6.09 Å². The van der Waals surface area contributed by atoms with Crippen molar-refractivity contribution >= 4 is 17.7 Å². The topological polar surface area (TPSA) is 72.0 Å². The smallest absolute Gasteiger partial charge is 0.411 e. The van der Waals surface area contributed by atoms with Gasteiger partial charge in [0.05, 0.1) is 25.4 Å². The molecule has 1 amide bonds. The number of carbonyl (C=O) groups excluding carboxylic acids is 2. The maximum atomic E-state index is 13.3. The minimum atomic E-state index is -0.328. The SMILES string of the molecule is COc1ccc([C@H]2CC[C@H](CC(C)=O)CC2)cc1-c1ccc(N2CCC2)nc1CN1C(=O)O[C@H](c2cccc(C)c2)C1C. The second-order valence-electron chi connectivity index (χ2n) is 12.7. The number of aryl methyl sites for hydroxylation is 1. The van der Waals surface area contributed by atoms with Crippen LogP contribution in [0.15, 0.2) is 54.6 Å². The van der Waals surface area contributed by atoms with Crippen molar-refractivity contribution in [2.75, 3.05) is 25.1 Å². The van der Waals surface area contributed by atoms with Crippen molar-refractivity contribution in [2.24, 2.45) is 5.92 Å². The zero-order chi connectivity index (χ0) is 30.1. The van der Waals surface area contributed by atoms with Gasteiger partial charge < -0.3 is 19.2 Å². The summed E-state index contributed by atoms with van der Waals surface area (Å²) in [5.41, 5.74) is 6.27. The molecule has 0 bridgehead atoms. The number of cyclic esters (lactones) is 1. The fourth-order valence-corrected chi connectivity index (χ4v) is 7.04. The van der Waals surface area contributed by atoms with E-state index in [2.05, 4.69) is 61.2 Å². The Morgan fingerprint density at radius 2 is 1.79 bits per heavy atom. The van der Waals surface area contributed by atoms with E-state index in [1.54, 1.807) is 14.0 Å². The lowest BCUT2D eigenvalue weighted by Crippen LogP contribution is -2.38. The molecular formula is C36H43N3O4.